The van der Waals surface area contributed by atoms with Gasteiger partial charge in [-0.1, -0.05) is 6.92 Å². The number of nitrogens with zero attached hydrogens (tertiary/aromatic N) is 4. The van der Waals surface area contributed by atoms with Crippen LogP contribution in [0.4, 0.5) is 0 Å². The number of ether oxygens (including phenoxy) is 1. The highest BCUT2D eigenvalue weighted by atomic mass is 32.2. The molecule has 1 fully saturated rings. The Hall–Kier alpha value is -2.94. The van der Waals surface area contributed by atoms with E-state index in [0.717, 1.165) is 37.9 Å². The van der Waals surface area contributed by atoms with E-state index < -0.39 is 9.84 Å². The molecule has 30 heavy (non-hydrogen) atoms. The Balaban J connectivity index is 1.52. The number of hydrogen-bond acceptors (Lipinski definition) is 7. The Kier molecular flexibility index (Phi) is 6.71. The Morgan fingerprint density at radius 1 is 1.17 bits per heavy atom. The summed E-state index contributed by atoms with van der Waals surface area (Å²) in [7, 11) is -3.31. The van der Waals surface area contributed by atoms with Gasteiger partial charge in [0.15, 0.2) is 14.9 Å². The average Bonchev–Trinajstić information content (AvgIpc) is 3.09. The van der Waals surface area contributed by atoms with Crippen LogP contribution in [0.25, 0.3) is 0 Å². The van der Waals surface area contributed by atoms with Crippen LogP contribution in [0, 0.1) is 34.5 Å². The molecule has 7 nitrogen and oxygen atoms in total. The highest BCUT2D eigenvalue weighted by molar-refractivity contribution is 7.90. The number of nitriles is 2. The number of likely N-dealkylation sites (tertiary alicyclic amines) is 1. The van der Waals surface area contributed by atoms with Gasteiger partial charge in [0, 0.05) is 31.8 Å². The van der Waals surface area contributed by atoms with E-state index >= 15 is 0 Å². The van der Waals surface area contributed by atoms with E-state index in [9.17, 15) is 8.42 Å². The number of sulfone groups is 1. The molecule has 3 rings (SSSR count). The largest absolute Gasteiger partial charge is 0.492 e. The molecule has 0 N–H and O–H groups in total. The molecule has 1 aliphatic rings. The first-order valence-electron chi connectivity index (χ1n) is 9.74. The van der Waals surface area contributed by atoms with Crippen molar-refractivity contribution in [3.05, 3.63) is 53.2 Å². The van der Waals surface area contributed by atoms with Crippen LogP contribution in [0.5, 0.6) is 5.75 Å². The molecule has 2 atom stereocenters. The van der Waals surface area contributed by atoms with Gasteiger partial charge in [-0.05, 0) is 48.2 Å². The minimum absolute atomic E-state index is 0.0373. The molecule has 1 saturated heterocycles. The van der Waals surface area contributed by atoms with Crippen molar-refractivity contribution in [2.75, 3.05) is 32.5 Å². The number of aromatic nitrogens is 1. The van der Waals surface area contributed by atoms with Gasteiger partial charge in [-0.25, -0.2) is 13.4 Å². The van der Waals surface area contributed by atoms with Crippen molar-refractivity contribution in [1.82, 2.24) is 9.88 Å². The van der Waals surface area contributed by atoms with Crippen LogP contribution in [-0.2, 0) is 16.3 Å². The lowest BCUT2D eigenvalue weighted by atomic mass is 9.99. The summed E-state index contributed by atoms with van der Waals surface area (Å²) in [4.78, 5) is 6.32. The fourth-order valence-corrected chi connectivity index (χ4v) is 4.23. The molecule has 0 saturated carbocycles. The van der Waals surface area contributed by atoms with E-state index in [-0.39, 0.29) is 5.03 Å². The predicted octanol–water partition coefficient (Wildman–Crippen LogP) is 2.42. The standard InChI is InChI=1S/C22H24N4O3S/c1-16-13-26(6-5-17-7-18(10-23)9-19(8-17)11-24)14-20(16)15-29-21-3-4-22(25-12-21)30(2,27)28/h3-4,7-9,12,16,20H,5-6,13-15H2,1-2H3/t16-,20+/m1/s1. The summed E-state index contributed by atoms with van der Waals surface area (Å²) >= 11 is 0. The second-order valence-corrected chi connectivity index (χ2v) is 9.77. The molecule has 8 heteroatoms. The monoisotopic (exact) mass is 424 g/mol. The molecule has 0 aliphatic carbocycles. The topological polar surface area (TPSA) is 107 Å². The van der Waals surface area contributed by atoms with Crippen molar-refractivity contribution in [1.29, 1.82) is 10.5 Å². The first-order valence-corrected chi connectivity index (χ1v) is 11.6. The van der Waals surface area contributed by atoms with E-state index in [1.54, 1.807) is 12.1 Å². The number of hydrogen-bond donors (Lipinski definition) is 0. The second kappa shape index (κ2) is 9.25. The van der Waals surface area contributed by atoms with Crippen molar-refractivity contribution >= 4 is 9.84 Å². The van der Waals surface area contributed by atoms with Crippen molar-refractivity contribution in [3.8, 4) is 17.9 Å². The van der Waals surface area contributed by atoms with Gasteiger partial charge in [-0.3, -0.25) is 0 Å². The number of benzene rings is 1. The van der Waals surface area contributed by atoms with E-state index in [2.05, 4.69) is 28.9 Å². The Bertz CT molecular complexity index is 1050. The molecular weight excluding hydrogens is 400 g/mol. The van der Waals surface area contributed by atoms with Gasteiger partial charge in [-0.15, -0.1) is 0 Å². The maximum absolute atomic E-state index is 11.5. The Morgan fingerprint density at radius 3 is 2.43 bits per heavy atom. The molecular formula is C22H24N4O3S. The van der Waals surface area contributed by atoms with Gasteiger partial charge in [0.1, 0.15) is 5.75 Å². The first kappa shape index (κ1) is 21.8. The average molecular weight is 425 g/mol. The van der Waals surface area contributed by atoms with Gasteiger partial charge in [0.25, 0.3) is 0 Å². The molecule has 1 aromatic carbocycles. The highest BCUT2D eigenvalue weighted by Crippen LogP contribution is 2.25. The number of rotatable bonds is 7. The Morgan fingerprint density at radius 2 is 1.87 bits per heavy atom. The SMILES string of the molecule is C[C@@H]1CN(CCc2cc(C#N)cc(C#N)c2)C[C@H]1COc1ccc(S(C)(=O)=O)nc1. The second-order valence-electron chi connectivity index (χ2n) is 7.80. The van der Waals surface area contributed by atoms with Gasteiger partial charge < -0.3 is 9.64 Å². The number of pyridine rings is 1. The molecule has 2 heterocycles. The maximum atomic E-state index is 11.5. The van der Waals surface area contributed by atoms with Crippen LogP contribution in [0.3, 0.4) is 0 Å². The molecule has 156 valence electrons. The minimum Gasteiger partial charge on any atom is -0.492 e. The van der Waals surface area contributed by atoms with Crippen LogP contribution in [0.15, 0.2) is 41.6 Å². The zero-order valence-electron chi connectivity index (χ0n) is 17.1. The molecule has 0 radical (unpaired) electrons. The normalized spacial score (nSPS) is 19.2. The summed E-state index contributed by atoms with van der Waals surface area (Å²) in [5.41, 5.74) is 2.02. The fraction of sp³-hybridized carbons (Fsp3) is 0.409. The van der Waals surface area contributed by atoms with E-state index in [0.29, 0.717) is 35.3 Å². The van der Waals surface area contributed by atoms with Crippen LogP contribution in [0.1, 0.15) is 23.6 Å². The van der Waals surface area contributed by atoms with Crippen molar-refractivity contribution in [3.63, 3.8) is 0 Å². The maximum Gasteiger partial charge on any atom is 0.192 e. The van der Waals surface area contributed by atoms with E-state index in [4.69, 9.17) is 15.3 Å². The molecule has 0 spiro atoms. The van der Waals surface area contributed by atoms with Crippen molar-refractivity contribution in [2.45, 2.75) is 18.4 Å². The Labute approximate surface area is 177 Å². The smallest absolute Gasteiger partial charge is 0.192 e. The molecule has 2 aromatic rings. The third kappa shape index (κ3) is 5.56. The zero-order valence-corrected chi connectivity index (χ0v) is 17.9. The quantitative estimate of drug-likeness (QED) is 0.672. The van der Waals surface area contributed by atoms with Gasteiger partial charge >= 0.3 is 0 Å². The van der Waals surface area contributed by atoms with Gasteiger partial charge in [0.2, 0.25) is 0 Å². The van der Waals surface area contributed by atoms with E-state index in [1.165, 1.54) is 12.3 Å². The summed E-state index contributed by atoms with van der Waals surface area (Å²) < 4.78 is 28.8. The summed E-state index contributed by atoms with van der Waals surface area (Å²) in [5, 5.41) is 18.3. The van der Waals surface area contributed by atoms with Gasteiger partial charge in [0.05, 0.1) is 36.1 Å². The molecule has 1 aliphatic heterocycles. The minimum atomic E-state index is -3.31. The molecule has 0 unspecified atom stereocenters. The fourth-order valence-electron chi connectivity index (χ4n) is 3.67. The summed E-state index contributed by atoms with van der Waals surface area (Å²) in [5.74, 6) is 1.39. The van der Waals surface area contributed by atoms with Crippen LogP contribution >= 0.6 is 0 Å². The van der Waals surface area contributed by atoms with Crippen LogP contribution in [-0.4, -0.2) is 50.8 Å². The third-order valence-corrected chi connectivity index (χ3v) is 6.37. The van der Waals surface area contributed by atoms with Crippen LogP contribution in [0.2, 0.25) is 0 Å². The lowest BCUT2D eigenvalue weighted by molar-refractivity contribution is 0.224. The van der Waals surface area contributed by atoms with Gasteiger partial charge in [-0.2, -0.15) is 10.5 Å². The van der Waals surface area contributed by atoms with Crippen molar-refractivity contribution < 1.29 is 13.2 Å². The first-order chi connectivity index (χ1) is 14.3. The highest BCUT2D eigenvalue weighted by Gasteiger charge is 2.29. The zero-order chi connectivity index (χ0) is 21.7. The van der Waals surface area contributed by atoms with Crippen molar-refractivity contribution in [2.24, 2.45) is 11.8 Å². The lowest BCUT2D eigenvalue weighted by Gasteiger charge is -2.17. The summed E-state index contributed by atoms with van der Waals surface area (Å²) in [6, 6.07) is 12.6. The summed E-state index contributed by atoms with van der Waals surface area (Å²) in [6.45, 7) is 5.45. The molecule has 0 bridgehead atoms. The third-order valence-electron chi connectivity index (χ3n) is 5.36. The molecule has 1 aromatic heterocycles. The molecule has 0 amide bonds. The van der Waals surface area contributed by atoms with Crippen LogP contribution < -0.4 is 4.74 Å². The predicted molar refractivity (Wildman–Crippen MR) is 112 cm³/mol. The lowest BCUT2D eigenvalue weighted by Crippen LogP contribution is -2.24. The van der Waals surface area contributed by atoms with E-state index in [1.807, 2.05) is 12.1 Å². The summed E-state index contributed by atoms with van der Waals surface area (Å²) in [6.07, 6.45) is 3.35.